The summed E-state index contributed by atoms with van der Waals surface area (Å²) in [5, 5.41) is 7.53. The lowest BCUT2D eigenvalue weighted by Crippen LogP contribution is -2.27. The fraction of sp³-hybridized carbons (Fsp3) is 0.412. The van der Waals surface area contributed by atoms with Gasteiger partial charge in [0.1, 0.15) is 4.60 Å². The van der Waals surface area contributed by atoms with Gasteiger partial charge in [0.2, 0.25) is 0 Å². The van der Waals surface area contributed by atoms with Gasteiger partial charge < -0.3 is 5.32 Å². The molecule has 1 heterocycles. The number of aryl methyl sites for hydroxylation is 1. The number of benzene rings is 1. The Morgan fingerprint density at radius 3 is 2.77 bits per heavy atom. The van der Waals surface area contributed by atoms with Crippen molar-refractivity contribution in [3.05, 3.63) is 51.8 Å². The van der Waals surface area contributed by atoms with Gasteiger partial charge in [0.25, 0.3) is 5.91 Å². The summed E-state index contributed by atoms with van der Waals surface area (Å²) < 4.78 is 2.40. The first-order valence-electron chi connectivity index (χ1n) is 7.50. The van der Waals surface area contributed by atoms with Gasteiger partial charge in [-0.25, -0.2) is 0 Å². The third-order valence-electron chi connectivity index (χ3n) is 4.04. The summed E-state index contributed by atoms with van der Waals surface area (Å²) in [6.07, 6.45) is 3.78. The third kappa shape index (κ3) is 2.82. The summed E-state index contributed by atoms with van der Waals surface area (Å²) in [4.78, 5) is 12.6. The van der Waals surface area contributed by atoms with Gasteiger partial charge in [-0.2, -0.15) is 5.10 Å². The Kier molecular flexibility index (Phi) is 3.85. The zero-order valence-corrected chi connectivity index (χ0v) is 14.6. The smallest absolute Gasteiger partial charge is 0.256 e. The fourth-order valence-electron chi connectivity index (χ4n) is 2.79. The highest BCUT2D eigenvalue weighted by molar-refractivity contribution is 9.10. The van der Waals surface area contributed by atoms with E-state index in [0.29, 0.717) is 10.2 Å². The van der Waals surface area contributed by atoms with Crippen LogP contribution in [0.4, 0.5) is 0 Å². The molecule has 0 spiro atoms. The molecule has 0 fully saturated rings. The van der Waals surface area contributed by atoms with E-state index in [2.05, 4.69) is 59.2 Å². The van der Waals surface area contributed by atoms with Crippen LogP contribution in [0.25, 0.3) is 0 Å². The van der Waals surface area contributed by atoms with E-state index in [9.17, 15) is 4.79 Å². The van der Waals surface area contributed by atoms with Gasteiger partial charge >= 0.3 is 0 Å². The number of nitrogens with one attached hydrogen (secondary N) is 1. The molecule has 0 aliphatic heterocycles. The molecule has 1 aromatic heterocycles. The number of nitrogens with zero attached hydrogens (tertiary/aromatic N) is 2. The highest BCUT2D eigenvalue weighted by Crippen LogP contribution is 2.31. The van der Waals surface area contributed by atoms with Crippen molar-refractivity contribution in [2.24, 2.45) is 0 Å². The summed E-state index contributed by atoms with van der Waals surface area (Å²) in [7, 11) is 0. The minimum atomic E-state index is -0.152. The Bertz CT molecular complexity index is 715. The van der Waals surface area contributed by atoms with Crippen molar-refractivity contribution in [2.45, 2.75) is 45.2 Å². The van der Waals surface area contributed by atoms with Crippen molar-refractivity contribution in [2.75, 3.05) is 0 Å². The van der Waals surface area contributed by atoms with Crippen molar-refractivity contribution in [3.8, 4) is 0 Å². The van der Waals surface area contributed by atoms with E-state index in [-0.39, 0.29) is 17.5 Å². The topological polar surface area (TPSA) is 46.9 Å². The number of halogens is 1. The first-order valence-corrected chi connectivity index (χ1v) is 8.30. The lowest BCUT2D eigenvalue weighted by atomic mass is 10.1. The Hall–Kier alpha value is -1.62. The monoisotopic (exact) mass is 361 g/mol. The van der Waals surface area contributed by atoms with Gasteiger partial charge in [0.05, 0.1) is 17.1 Å². The van der Waals surface area contributed by atoms with Crippen molar-refractivity contribution >= 4 is 21.8 Å². The van der Waals surface area contributed by atoms with E-state index < -0.39 is 0 Å². The summed E-state index contributed by atoms with van der Waals surface area (Å²) in [5.74, 6) is -0.0796. The fourth-order valence-corrected chi connectivity index (χ4v) is 3.25. The van der Waals surface area contributed by atoms with Gasteiger partial charge in [-0.05, 0) is 60.7 Å². The van der Waals surface area contributed by atoms with Crippen LogP contribution < -0.4 is 5.32 Å². The van der Waals surface area contributed by atoms with Crippen LogP contribution in [-0.2, 0) is 12.0 Å². The summed E-state index contributed by atoms with van der Waals surface area (Å²) >= 11 is 3.40. The molecule has 5 heteroatoms. The van der Waals surface area contributed by atoms with Crippen LogP contribution in [0.15, 0.2) is 35.1 Å². The largest absolute Gasteiger partial charge is 0.345 e. The second kappa shape index (κ2) is 5.54. The average molecular weight is 362 g/mol. The molecule has 2 aromatic rings. The van der Waals surface area contributed by atoms with Gasteiger partial charge in [-0.15, -0.1) is 0 Å². The molecule has 0 bridgehead atoms. The maximum Gasteiger partial charge on any atom is 0.256 e. The highest BCUT2D eigenvalue weighted by atomic mass is 79.9. The summed E-state index contributed by atoms with van der Waals surface area (Å²) in [6, 6.07) is 8.40. The molecule has 1 aliphatic rings. The van der Waals surface area contributed by atoms with E-state index in [1.807, 2.05) is 16.8 Å². The van der Waals surface area contributed by atoms with E-state index in [1.54, 1.807) is 6.20 Å². The first-order chi connectivity index (χ1) is 10.4. The number of hydrogen-bond donors (Lipinski definition) is 1. The van der Waals surface area contributed by atoms with Crippen LogP contribution in [-0.4, -0.2) is 15.7 Å². The molecule has 1 aliphatic carbocycles. The molecule has 0 saturated carbocycles. The lowest BCUT2D eigenvalue weighted by molar-refractivity contribution is 0.0936. The van der Waals surface area contributed by atoms with Crippen molar-refractivity contribution in [1.82, 2.24) is 15.1 Å². The average Bonchev–Trinajstić information content (AvgIpc) is 3.03. The lowest BCUT2D eigenvalue weighted by Gasteiger charge is -2.18. The van der Waals surface area contributed by atoms with E-state index in [0.717, 1.165) is 12.8 Å². The normalized spacial score (nSPS) is 17.4. The number of rotatable bonds is 2. The van der Waals surface area contributed by atoms with Crippen molar-refractivity contribution < 1.29 is 4.79 Å². The molecule has 116 valence electrons. The summed E-state index contributed by atoms with van der Waals surface area (Å²) in [5.41, 5.74) is 2.99. The maximum absolute atomic E-state index is 12.6. The predicted molar refractivity (Wildman–Crippen MR) is 89.9 cm³/mol. The van der Waals surface area contributed by atoms with Crippen LogP contribution in [0.1, 0.15) is 54.7 Å². The van der Waals surface area contributed by atoms with Gasteiger partial charge in [0.15, 0.2) is 0 Å². The minimum absolute atomic E-state index is 0.0796. The molecule has 1 aromatic carbocycles. The van der Waals surface area contributed by atoms with Crippen LogP contribution >= 0.6 is 15.9 Å². The van der Waals surface area contributed by atoms with Gasteiger partial charge in [0, 0.05) is 6.20 Å². The molecule has 1 amide bonds. The number of carbonyl (C=O) groups excluding carboxylic acids is 1. The number of aromatic nitrogens is 2. The van der Waals surface area contributed by atoms with Gasteiger partial charge in [-0.3, -0.25) is 9.48 Å². The molecule has 0 radical (unpaired) electrons. The first kappa shape index (κ1) is 15.3. The van der Waals surface area contributed by atoms with Crippen LogP contribution in [0.3, 0.4) is 0 Å². The second-order valence-corrected chi connectivity index (χ2v) is 7.46. The summed E-state index contributed by atoms with van der Waals surface area (Å²) in [6.45, 7) is 6.17. The molecule has 0 saturated heterocycles. The molecule has 3 rings (SSSR count). The Morgan fingerprint density at radius 2 is 2.09 bits per heavy atom. The van der Waals surface area contributed by atoms with E-state index in [4.69, 9.17) is 0 Å². The second-order valence-electron chi connectivity index (χ2n) is 6.71. The zero-order valence-electron chi connectivity index (χ0n) is 13.1. The number of amides is 1. The Balaban J connectivity index is 1.80. The molecule has 22 heavy (non-hydrogen) atoms. The zero-order chi connectivity index (χ0) is 15.9. The minimum Gasteiger partial charge on any atom is -0.345 e. The quantitative estimate of drug-likeness (QED) is 0.883. The van der Waals surface area contributed by atoms with Crippen LogP contribution in [0.2, 0.25) is 0 Å². The van der Waals surface area contributed by atoms with Crippen molar-refractivity contribution in [3.63, 3.8) is 0 Å². The third-order valence-corrected chi connectivity index (χ3v) is 4.63. The SMILES string of the molecule is CC(C)(C)n1cc(C(=O)NC2CCc3ccccc32)c(Br)n1. The number of fused-ring (bicyclic) bond motifs is 1. The van der Waals surface area contributed by atoms with E-state index in [1.165, 1.54) is 11.1 Å². The maximum atomic E-state index is 12.6. The molecule has 1 unspecified atom stereocenters. The number of carbonyl (C=O) groups is 1. The Labute approximate surface area is 139 Å². The standard InChI is InChI=1S/C17H20BrN3O/c1-17(2,3)21-10-13(15(18)20-21)16(22)19-14-9-8-11-6-4-5-7-12(11)14/h4-7,10,14H,8-9H2,1-3H3,(H,19,22). The molecule has 4 nitrogen and oxygen atoms in total. The molecular weight excluding hydrogens is 342 g/mol. The molecular formula is C17H20BrN3O. The highest BCUT2D eigenvalue weighted by Gasteiger charge is 2.26. The van der Waals surface area contributed by atoms with E-state index >= 15 is 0 Å². The van der Waals surface area contributed by atoms with Gasteiger partial charge in [-0.1, -0.05) is 24.3 Å². The van der Waals surface area contributed by atoms with Crippen molar-refractivity contribution in [1.29, 1.82) is 0 Å². The number of hydrogen-bond acceptors (Lipinski definition) is 2. The van der Waals surface area contributed by atoms with Crippen LogP contribution in [0, 0.1) is 0 Å². The molecule has 1 N–H and O–H groups in total. The molecule has 1 atom stereocenters. The predicted octanol–water partition coefficient (Wildman–Crippen LogP) is 3.82. The Morgan fingerprint density at radius 1 is 1.36 bits per heavy atom. The van der Waals surface area contributed by atoms with Crippen LogP contribution in [0.5, 0.6) is 0 Å².